The van der Waals surface area contributed by atoms with Crippen LogP contribution in [0.1, 0.15) is 18.5 Å². The maximum Gasteiger partial charge on any atom is 0.345 e. The minimum absolute atomic E-state index is 0.244. The van der Waals surface area contributed by atoms with Crippen molar-refractivity contribution in [1.29, 1.82) is 0 Å². The SMILES string of the molecule is O=c1nccc(CC2CCCNC2)[nH]1. The Balaban J connectivity index is 1.99. The van der Waals surface area contributed by atoms with Gasteiger partial charge >= 0.3 is 5.69 Å². The minimum atomic E-state index is -0.244. The summed E-state index contributed by atoms with van der Waals surface area (Å²) in [6.07, 6.45) is 5.01. The summed E-state index contributed by atoms with van der Waals surface area (Å²) in [5, 5.41) is 3.36. The van der Waals surface area contributed by atoms with E-state index in [1.807, 2.05) is 6.07 Å². The molecule has 0 bridgehead atoms. The number of aromatic nitrogens is 2. The maximum absolute atomic E-state index is 10.9. The van der Waals surface area contributed by atoms with E-state index in [9.17, 15) is 4.79 Å². The maximum atomic E-state index is 10.9. The molecule has 2 heterocycles. The smallest absolute Gasteiger partial charge is 0.316 e. The standard InChI is InChI=1S/C10H15N3O/c14-10-12-5-3-9(13-10)6-8-2-1-4-11-7-8/h3,5,8,11H,1-2,4,6-7H2,(H,12,13,14). The Labute approximate surface area is 82.8 Å². The summed E-state index contributed by atoms with van der Waals surface area (Å²) < 4.78 is 0. The Hall–Kier alpha value is -1.16. The average molecular weight is 193 g/mol. The fourth-order valence-electron chi connectivity index (χ4n) is 1.93. The lowest BCUT2D eigenvalue weighted by molar-refractivity contribution is 0.373. The summed E-state index contributed by atoms with van der Waals surface area (Å²) in [6.45, 7) is 2.19. The van der Waals surface area contributed by atoms with Gasteiger partial charge < -0.3 is 10.3 Å². The molecule has 1 aliphatic rings. The fraction of sp³-hybridized carbons (Fsp3) is 0.600. The van der Waals surface area contributed by atoms with Gasteiger partial charge in [-0.25, -0.2) is 9.78 Å². The summed E-state index contributed by atoms with van der Waals surface area (Å²) >= 11 is 0. The molecule has 0 amide bonds. The van der Waals surface area contributed by atoms with Crippen molar-refractivity contribution in [2.75, 3.05) is 13.1 Å². The average Bonchev–Trinajstić information content (AvgIpc) is 2.19. The van der Waals surface area contributed by atoms with Crippen molar-refractivity contribution in [2.45, 2.75) is 19.3 Å². The number of H-pyrrole nitrogens is 1. The zero-order valence-corrected chi connectivity index (χ0v) is 8.12. The van der Waals surface area contributed by atoms with E-state index >= 15 is 0 Å². The molecule has 1 fully saturated rings. The lowest BCUT2D eigenvalue weighted by Gasteiger charge is -2.22. The molecule has 14 heavy (non-hydrogen) atoms. The summed E-state index contributed by atoms with van der Waals surface area (Å²) in [6, 6.07) is 1.88. The van der Waals surface area contributed by atoms with Gasteiger partial charge in [0.25, 0.3) is 0 Å². The molecule has 1 unspecified atom stereocenters. The Morgan fingerprint density at radius 1 is 1.57 bits per heavy atom. The van der Waals surface area contributed by atoms with Crippen molar-refractivity contribution in [3.63, 3.8) is 0 Å². The molecule has 2 rings (SSSR count). The molecule has 1 aliphatic heterocycles. The summed E-state index contributed by atoms with van der Waals surface area (Å²) in [4.78, 5) is 17.3. The Morgan fingerprint density at radius 3 is 3.21 bits per heavy atom. The molecule has 1 saturated heterocycles. The highest BCUT2D eigenvalue weighted by Crippen LogP contribution is 2.13. The third kappa shape index (κ3) is 2.42. The van der Waals surface area contributed by atoms with Gasteiger partial charge in [-0.1, -0.05) is 0 Å². The molecule has 4 nitrogen and oxygen atoms in total. The first-order valence-electron chi connectivity index (χ1n) is 5.09. The van der Waals surface area contributed by atoms with Crippen LogP contribution in [0.2, 0.25) is 0 Å². The van der Waals surface area contributed by atoms with Gasteiger partial charge in [0.15, 0.2) is 0 Å². The number of rotatable bonds is 2. The molecule has 2 N–H and O–H groups in total. The second-order valence-corrected chi connectivity index (χ2v) is 3.82. The minimum Gasteiger partial charge on any atom is -0.316 e. The lowest BCUT2D eigenvalue weighted by atomic mass is 9.95. The van der Waals surface area contributed by atoms with Gasteiger partial charge in [0.05, 0.1) is 0 Å². The van der Waals surface area contributed by atoms with Crippen LogP contribution >= 0.6 is 0 Å². The van der Waals surface area contributed by atoms with Crippen molar-refractivity contribution in [3.8, 4) is 0 Å². The number of nitrogens with one attached hydrogen (secondary N) is 2. The molecule has 76 valence electrons. The lowest BCUT2D eigenvalue weighted by Crippen LogP contribution is -2.31. The van der Waals surface area contributed by atoms with E-state index in [0.717, 1.165) is 25.2 Å². The Bertz CT molecular complexity index is 341. The first-order valence-corrected chi connectivity index (χ1v) is 5.09. The van der Waals surface area contributed by atoms with Crippen LogP contribution in [0.3, 0.4) is 0 Å². The van der Waals surface area contributed by atoms with Crippen LogP contribution < -0.4 is 11.0 Å². The first-order chi connectivity index (χ1) is 6.84. The van der Waals surface area contributed by atoms with E-state index < -0.39 is 0 Å². The van der Waals surface area contributed by atoms with Gasteiger partial charge in [-0.3, -0.25) is 0 Å². The van der Waals surface area contributed by atoms with Crippen molar-refractivity contribution in [1.82, 2.24) is 15.3 Å². The van der Waals surface area contributed by atoms with Crippen LogP contribution in [-0.4, -0.2) is 23.1 Å². The topological polar surface area (TPSA) is 57.8 Å². The molecule has 1 aromatic rings. The van der Waals surface area contributed by atoms with Crippen molar-refractivity contribution in [3.05, 3.63) is 28.4 Å². The van der Waals surface area contributed by atoms with E-state index in [-0.39, 0.29) is 5.69 Å². The van der Waals surface area contributed by atoms with Crippen LogP contribution in [0, 0.1) is 5.92 Å². The third-order valence-corrected chi connectivity index (χ3v) is 2.64. The fourth-order valence-corrected chi connectivity index (χ4v) is 1.93. The predicted molar refractivity (Wildman–Crippen MR) is 54.2 cm³/mol. The molecule has 1 aromatic heterocycles. The number of hydrogen-bond acceptors (Lipinski definition) is 3. The van der Waals surface area contributed by atoms with Gasteiger partial charge in [0.2, 0.25) is 0 Å². The largest absolute Gasteiger partial charge is 0.345 e. The van der Waals surface area contributed by atoms with Crippen LogP contribution in [0.25, 0.3) is 0 Å². The summed E-state index contributed by atoms with van der Waals surface area (Å²) in [5.41, 5.74) is 0.755. The van der Waals surface area contributed by atoms with Gasteiger partial charge in [0, 0.05) is 11.9 Å². The van der Waals surface area contributed by atoms with Crippen molar-refractivity contribution >= 4 is 0 Å². The van der Waals surface area contributed by atoms with Crippen molar-refractivity contribution in [2.24, 2.45) is 5.92 Å². The van der Waals surface area contributed by atoms with E-state index in [0.29, 0.717) is 5.92 Å². The highest BCUT2D eigenvalue weighted by atomic mass is 16.1. The third-order valence-electron chi connectivity index (χ3n) is 2.64. The molecule has 1 atom stereocenters. The van der Waals surface area contributed by atoms with Gasteiger partial charge in [-0.15, -0.1) is 0 Å². The summed E-state index contributed by atoms with van der Waals surface area (Å²) in [5.74, 6) is 0.654. The van der Waals surface area contributed by atoms with Crippen LogP contribution in [-0.2, 0) is 6.42 Å². The number of hydrogen-bond donors (Lipinski definition) is 2. The van der Waals surface area contributed by atoms with E-state index in [1.165, 1.54) is 12.8 Å². The molecule has 0 aliphatic carbocycles. The first kappa shape index (κ1) is 9.40. The van der Waals surface area contributed by atoms with Crippen molar-refractivity contribution < 1.29 is 0 Å². The molecule has 0 spiro atoms. The monoisotopic (exact) mass is 193 g/mol. The Kier molecular flexibility index (Phi) is 2.93. The second kappa shape index (κ2) is 4.37. The number of nitrogens with zero attached hydrogens (tertiary/aromatic N) is 1. The number of piperidine rings is 1. The van der Waals surface area contributed by atoms with E-state index in [4.69, 9.17) is 0 Å². The zero-order valence-electron chi connectivity index (χ0n) is 8.12. The molecular formula is C10H15N3O. The van der Waals surface area contributed by atoms with E-state index in [1.54, 1.807) is 6.20 Å². The van der Waals surface area contributed by atoms with Crippen LogP contribution in [0.5, 0.6) is 0 Å². The quantitative estimate of drug-likeness (QED) is 0.710. The number of aromatic amines is 1. The van der Waals surface area contributed by atoms with Crippen LogP contribution in [0.4, 0.5) is 0 Å². The second-order valence-electron chi connectivity index (χ2n) is 3.82. The molecule has 0 radical (unpaired) electrons. The zero-order chi connectivity index (χ0) is 9.80. The molecule has 4 heteroatoms. The van der Waals surface area contributed by atoms with E-state index in [2.05, 4.69) is 15.3 Å². The molecular weight excluding hydrogens is 178 g/mol. The normalized spacial score (nSPS) is 22.1. The summed E-state index contributed by atoms with van der Waals surface area (Å²) in [7, 11) is 0. The van der Waals surface area contributed by atoms with Gasteiger partial charge in [0.1, 0.15) is 0 Å². The van der Waals surface area contributed by atoms with Gasteiger partial charge in [-0.2, -0.15) is 0 Å². The van der Waals surface area contributed by atoms with Gasteiger partial charge in [-0.05, 0) is 44.3 Å². The predicted octanol–water partition coefficient (Wildman–Crippen LogP) is 0.312. The van der Waals surface area contributed by atoms with Crippen LogP contribution in [0.15, 0.2) is 17.1 Å². The Morgan fingerprint density at radius 2 is 2.50 bits per heavy atom. The molecule has 0 saturated carbocycles. The highest BCUT2D eigenvalue weighted by Gasteiger charge is 2.13. The highest BCUT2D eigenvalue weighted by molar-refractivity contribution is 4.99. The molecule has 0 aromatic carbocycles.